The van der Waals surface area contributed by atoms with Crippen LogP contribution in [0.5, 0.6) is 0 Å². The first-order valence-corrected chi connectivity index (χ1v) is 11.1. The standard InChI is InChI=1S/C22H24N6OS/c1-14-9-19-26-20(25-14)17-7-2-3-8-28(17)13-16-6-4-5-15(10-16)11-23-21(29)18-12-24-22(27-19)30-18/h4-6,9-10,12,17H,2-3,7-8,11,13H2,1H3,(H,23,29)(H,24,25,26,27). The number of amides is 1. The number of benzene rings is 1. The van der Waals surface area contributed by atoms with Gasteiger partial charge in [0.25, 0.3) is 5.91 Å². The smallest absolute Gasteiger partial charge is 0.263 e. The van der Waals surface area contributed by atoms with E-state index in [9.17, 15) is 4.79 Å². The first kappa shape index (κ1) is 19.1. The third kappa shape index (κ3) is 4.06. The van der Waals surface area contributed by atoms with Gasteiger partial charge < -0.3 is 10.6 Å². The lowest BCUT2D eigenvalue weighted by Gasteiger charge is -2.35. The Labute approximate surface area is 179 Å². The van der Waals surface area contributed by atoms with Gasteiger partial charge in [0.1, 0.15) is 16.5 Å². The zero-order valence-corrected chi connectivity index (χ0v) is 17.7. The second-order valence-corrected chi connectivity index (χ2v) is 8.92. The molecule has 1 saturated heterocycles. The molecule has 6 bridgehead atoms. The SMILES string of the molecule is Cc1cc2nc(n1)C1CCCCN1Cc1cccc(c1)CNC(=O)c1cnc(s1)N2. The van der Waals surface area contributed by atoms with E-state index in [2.05, 4.69) is 44.8 Å². The van der Waals surface area contributed by atoms with Crippen LogP contribution in [0.25, 0.3) is 0 Å². The lowest BCUT2D eigenvalue weighted by Crippen LogP contribution is -2.34. The fourth-order valence-electron chi connectivity index (χ4n) is 4.17. The molecule has 4 heterocycles. The quantitative estimate of drug-likeness (QED) is 0.573. The molecule has 0 spiro atoms. The third-order valence-electron chi connectivity index (χ3n) is 5.58. The van der Waals surface area contributed by atoms with Crippen LogP contribution in [0.2, 0.25) is 0 Å². The van der Waals surface area contributed by atoms with E-state index in [-0.39, 0.29) is 11.9 Å². The van der Waals surface area contributed by atoms with Gasteiger partial charge in [-0.05, 0) is 37.4 Å². The normalized spacial score (nSPS) is 19.5. The minimum Gasteiger partial charge on any atom is -0.347 e. The van der Waals surface area contributed by atoms with Gasteiger partial charge in [-0.1, -0.05) is 42.0 Å². The second kappa shape index (κ2) is 8.12. The number of fused-ring (bicyclic) bond motifs is 8. The Hall–Kier alpha value is -2.84. The van der Waals surface area contributed by atoms with Crippen LogP contribution in [-0.2, 0) is 13.1 Å². The van der Waals surface area contributed by atoms with Gasteiger partial charge in [-0.15, -0.1) is 0 Å². The predicted octanol–water partition coefficient (Wildman–Crippen LogP) is 3.96. The van der Waals surface area contributed by atoms with Gasteiger partial charge in [0.2, 0.25) is 0 Å². The number of hydrogen-bond donors (Lipinski definition) is 2. The molecule has 0 saturated carbocycles. The van der Waals surface area contributed by atoms with E-state index in [1.54, 1.807) is 6.20 Å². The first-order chi connectivity index (χ1) is 14.6. The number of nitrogens with one attached hydrogen (secondary N) is 2. The number of nitrogens with zero attached hydrogens (tertiary/aromatic N) is 4. The summed E-state index contributed by atoms with van der Waals surface area (Å²) >= 11 is 1.33. The zero-order valence-electron chi connectivity index (χ0n) is 16.9. The molecule has 154 valence electrons. The van der Waals surface area contributed by atoms with E-state index in [1.165, 1.54) is 29.7 Å². The molecule has 5 rings (SSSR count). The average Bonchev–Trinajstić information content (AvgIpc) is 3.20. The van der Waals surface area contributed by atoms with E-state index in [1.807, 2.05) is 13.0 Å². The molecule has 8 heteroatoms. The van der Waals surface area contributed by atoms with E-state index in [0.717, 1.165) is 42.4 Å². The Balaban J connectivity index is 1.57. The van der Waals surface area contributed by atoms with Crippen LogP contribution in [0, 0.1) is 6.92 Å². The molecule has 1 atom stereocenters. The maximum atomic E-state index is 12.5. The van der Waals surface area contributed by atoms with Gasteiger partial charge in [0, 0.05) is 24.8 Å². The fraction of sp³-hybridized carbons (Fsp3) is 0.364. The Kier molecular flexibility index (Phi) is 5.18. The Bertz CT molecular complexity index is 1080. The number of piperidine rings is 1. The monoisotopic (exact) mass is 420 g/mol. The molecule has 1 amide bonds. The summed E-state index contributed by atoms with van der Waals surface area (Å²) in [5.41, 5.74) is 3.26. The van der Waals surface area contributed by atoms with E-state index in [4.69, 9.17) is 9.97 Å². The summed E-state index contributed by atoms with van der Waals surface area (Å²) in [6.45, 7) is 4.37. The minimum atomic E-state index is -0.117. The molecular weight excluding hydrogens is 396 g/mol. The fourth-order valence-corrected chi connectivity index (χ4v) is 4.91. The highest BCUT2D eigenvalue weighted by atomic mass is 32.1. The van der Waals surface area contributed by atoms with Gasteiger partial charge >= 0.3 is 0 Å². The number of anilines is 2. The van der Waals surface area contributed by atoms with Crippen molar-refractivity contribution in [2.24, 2.45) is 0 Å². The molecule has 0 radical (unpaired) electrons. The number of carbonyl (C=O) groups excluding carboxylic acids is 1. The topological polar surface area (TPSA) is 83.0 Å². The van der Waals surface area contributed by atoms with E-state index >= 15 is 0 Å². The summed E-state index contributed by atoms with van der Waals surface area (Å²) < 4.78 is 0. The van der Waals surface area contributed by atoms with E-state index in [0.29, 0.717) is 16.6 Å². The average molecular weight is 421 g/mol. The van der Waals surface area contributed by atoms with Crippen molar-refractivity contribution in [2.45, 2.75) is 45.3 Å². The number of aromatic nitrogens is 3. The van der Waals surface area contributed by atoms with Crippen LogP contribution in [0.1, 0.15) is 57.6 Å². The number of thiazole rings is 1. The molecule has 7 nitrogen and oxygen atoms in total. The molecule has 2 aromatic heterocycles. The van der Waals surface area contributed by atoms with Crippen LogP contribution in [-0.4, -0.2) is 32.3 Å². The summed E-state index contributed by atoms with van der Waals surface area (Å²) in [5.74, 6) is 1.46. The van der Waals surface area contributed by atoms with Crippen molar-refractivity contribution in [1.29, 1.82) is 0 Å². The van der Waals surface area contributed by atoms with Crippen molar-refractivity contribution >= 4 is 28.2 Å². The largest absolute Gasteiger partial charge is 0.347 e. The Morgan fingerprint density at radius 1 is 1.17 bits per heavy atom. The first-order valence-electron chi connectivity index (χ1n) is 10.3. The Morgan fingerprint density at radius 3 is 3.00 bits per heavy atom. The molecule has 30 heavy (non-hydrogen) atoms. The predicted molar refractivity (Wildman–Crippen MR) is 117 cm³/mol. The number of rotatable bonds is 0. The van der Waals surface area contributed by atoms with Crippen LogP contribution in [0.3, 0.4) is 0 Å². The van der Waals surface area contributed by atoms with Gasteiger partial charge in [-0.3, -0.25) is 9.69 Å². The highest BCUT2D eigenvalue weighted by molar-refractivity contribution is 7.17. The number of carbonyl (C=O) groups is 1. The molecule has 1 aromatic carbocycles. The summed E-state index contributed by atoms with van der Waals surface area (Å²) in [4.78, 5) is 29.6. The molecule has 0 aliphatic carbocycles. The molecule has 2 aliphatic heterocycles. The highest BCUT2D eigenvalue weighted by Crippen LogP contribution is 2.32. The minimum absolute atomic E-state index is 0.117. The second-order valence-electron chi connectivity index (χ2n) is 7.89. The lowest BCUT2D eigenvalue weighted by atomic mass is 9.99. The summed E-state index contributed by atoms with van der Waals surface area (Å²) in [6.07, 6.45) is 5.03. The number of aryl methyl sites for hydroxylation is 1. The molecule has 2 aliphatic rings. The van der Waals surface area contributed by atoms with E-state index < -0.39 is 0 Å². The van der Waals surface area contributed by atoms with Crippen molar-refractivity contribution < 1.29 is 4.79 Å². The van der Waals surface area contributed by atoms with Crippen molar-refractivity contribution in [1.82, 2.24) is 25.2 Å². The van der Waals surface area contributed by atoms with Crippen LogP contribution >= 0.6 is 11.3 Å². The molecule has 3 aromatic rings. The van der Waals surface area contributed by atoms with Gasteiger partial charge in [0.05, 0.1) is 12.2 Å². The maximum absolute atomic E-state index is 12.5. The van der Waals surface area contributed by atoms with Crippen LogP contribution in [0.15, 0.2) is 36.5 Å². The summed E-state index contributed by atoms with van der Waals surface area (Å²) in [6, 6.07) is 10.6. The van der Waals surface area contributed by atoms with Crippen molar-refractivity contribution in [3.8, 4) is 0 Å². The van der Waals surface area contributed by atoms with Crippen molar-refractivity contribution in [2.75, 3.05) is 11.9 Å². The van der Waals surface area contributed by atoms with Crippen LogP contribution in [0.4, 0.5) is 10.9 Å². The van der Waals surface area contributed by atoms with Gasteiger partial charge in [-0.2, -0.15) is 0 Å². The van der Waals surface area contributed by atoms with Gasteiger partial charge in [0.15, 0.2) is 5.13 Å². The highest BCUT2D eigenvalue weighted by Gasteiger charge is 2.27. The molecule has 2 N–H and O–H groups in total. The number of hydrogen-bond acceptors (Lipinski definition) is 7. The Morgan fingerprint density at radius 2 is 2.07 bits per heavy atom. The maximum Gasteiger partial charge on any atom is 0.263 e. The lowest BCUT2D eigenvalue weighted by molar-refractivity contribution is 0.0954. The van der Waals surface area contributed by atoms with Crippen molar-refractivity contribution in [3.63, 3.8) is 0 Å². The van der Waals surface area contributed by atoms with Crippen molar-refractivity contribution in [3.05, 3.63) is 64.1 Å². The third-order valence-corrected chi connectivity index (χ3v) is 6.49. The van der Waals surface area contributed by atoms with Gasteiger partial charge in [-0.25, -0.2) is 15.0 Å². The molecule has 1 unspecified atom stereocenters. The zero-order chi connectivity index (χ0) is 20.5. The summed E-state index contributed by atoms with van der Waals surface area (Å²) in [7, 11) is 0. The molecule has 1 fully saturated rings. The molecular formula is C22H24N6OS. The summed E-state index contributed by atoms with van der Waals surface area (Å²) in [5, 5.41) is 6.92. The van der Waals surface area contributed by atoms with Crippen LogP contribution < -0.4 is 10.6 Å².